The maximum atomic E-state index is 4.74. The Morgan fingerprint density at radius 1 is 1.29 bits per heavy atom. The van der Waals surface area contributed by atoms with Gasteiger partial charge in [-0.1, -0.05) is 13.0 Å². The van der Waals surface area contributed by atoms with E-state index < -0.39 is 0 Å². The third-order valence-electron chi connectivity index (χ3n) is 4.46. The van der Waals surface area contributed by atoms with Gasteiger partial charge in [0.1, 0.15) is 5.65 Å². The molecule has 114 valence electrons. The Hall–Kier alpha value is -1.39. The molecule has 0 bridgehead atoms. The second-order valence-corrected chi connectivity index (χ2v) is 6.23. The molecule has 0 unspecified atom stereocenters. The lowest BCUT2D eigenvalue weighted by molar-refractivity contribution is 0.205. The van der Waals surface area contributed by atoms with Gasteiger partial charge < -0.3 is 9.72 Å². The molecule has 1 fully saturated rings. The van der Waals surface area contributed by atoms with E-state index in [1.807, 2.05) is 0 Å². The zero-order valence-corrected chi connectivity index (χ0v) is 13.2. The molecular weight excluding hydrogens is 260 g/mol. The molecule has 0 aliphatic carbocycles. The lowest BCUT2D eigenvalue weighted by atomic mass is 9.97. The van der Waals surface area contributed by atoms with Gasteiger partial charge in [0.2, 0.25) is 0 Å². The summed E-state index contributed by atoms with van der Waals surface area (Å²) < 4.78 is 2.14. The van der Waals surface area contributed by atoms with Crippen LogP contribution in [0.4, 0.5) is 0 Å². The maximum Gasteiger partial charge on any atom is 0.137 e. The fraction of sp³-hybridized carbons (Fsp3) is 0.588. The zero-order chi connectivity index (χ0) is 14.7. The SMILES string of the molecule is CCN(Cc1cn2cc(C)ccc2n1)CC1CCNCC1. The second kappa shape index (κ2) is 6.58. The van der Waals surface area contributed by atoms with Crippen LogP contribution in [0.5, 0.6) is 0 Å². The summed E-state index contributed by atoms with van der Waals surface area (Å²) in [5, 5.41) is 3.44. The number of hydrogen-bond donors (Lipinski definition) is 1. The summed E-state index contributed by atoms with van der Waals surface area (Å²) in [6.07, 6.45) is 6.93. The summed E-state index contributed by atoms with van der Waals surface area (Å²) >= 11 is 0. The highest BCUT2D eigenvalue weighted by Crippen LogP contribution is 2.15. The van der Waals surface area contributed by atoms with Crippen LogP contribution in [0.1, 0.15) is 31.0 Å². The fourth-order valence-corrected chi connectivity index (χ4v) is 3.20. The smallest absolute Gasteiger partial charge is 0.137 e. The molecule has 0 saturated carbocycles. The van der Waals surface area contributed by atoms with Gasteiger partial charge in [-0.15, -0.1) is 0 Å². The Kier molecular flexibility index (Phi) is 4.56. The number of aromatic nitrogens is 2. The van der Waals surface area contributed by atoms with Crippen molar-refractivity contribution in [1.82, 2.24) is 19.6 Å². The van der Waals surface area contributed by atoms with Crippen molar-refractivity contribution in [1.29, 1.82) is 0 Å². The summed E-state index contributed by atoms with van der Waals surface area (Å²) in [7, 11) is 0. The van der Waals surface area contributed by atoms with E-state index in [4.69, 9.17) is 4.98 Å². The third kappa shape index (κ3) is 3.63. The first-order valence-electron chi connectivity index (χ1n) is 8.12. The molecular formula is C17H26N4. The molecule has 4 heteroatoms. The first-order chi connectivity index (χ1) is 10.2. The average molecular weight is 286 g/mol. The molecule has 0 spiro atoms. The summed E-state index contributed by atoms with van der Waals surface area (Å²) in [5.41, 5.74) is 3.50. The highest BCUT2D eigenvalue weighted by Gasteiger charge is 2.17. The van der Waals surface area contributed by atoms with Crippen LogP contribution in [0.3, 0.4) is 0 Å². The van der Waals surface area contributed by atoms with Crippen LogP contribution in [-0.4, -0.2) is 40.5 Å². The molecule has 1 aliphatic rings. The topological polar surface area (TPSA) is 32.6 Å². The zero-order valence-electron chi connectivity index (χ0n) is 13.2. The molecule has 1 saturated heterocycles. The quantitative estimate of drug-likeness (QED) is 0.916. The van der Waals surface area contributed by atoms with Crippen molar-refractivity contribution in [3.8, 4) is 0 Å². The first kappa shape index (κ1) is 14.5. The predicted molar refractivity (Wildman–Crippen MR) is 86.5 cm³/mol. The minimum atomic E-state index is 0.838. The van der Waals surface area contributed by atoms with E-state index in [0.717, 1.165) is 24.7 Å². The van der Waals surface area contributed by atoms with Crippen molar-refractivity contribution in [2.45, 2.75) is 33.2 Å². The van der Waals surface area contributed by atoms with Gasteiger partial charge in [-0.2, -0.15) is 0 Å². The van der Waals surface area contributed by atoms with Crippen LogP contribution in [0.2, 0.25) is 0 Å². The monoisotopic (exact) mass is 286 g/mol. The van der Waals surface area contributed by atoms with Crippen LogP contribution < -0.4 is 5.32 Å². The van der Waals surface area contributed by atoms with Crippen molar-refractivity contribution in [2.24, 2.45) is 5.92 Å². The van der Waals surface area contributed by atoms with Crippen molar-refractivity contribution in [3.05, 3.63) is 35.8 Å². The number of nitrogens with one attached hydrogen (secondary N) is 1. The number of rotatable bonds is 5. The Morgan fingerprint density at radius 2 is 2.10 bits per heavy atom. The van der Waals surface area contributed by atoms with Crippen LogP contribution in [-0.2, 0) is 6.54 Å². The number of nitrogens with zero attached hydrogens (tertiary/aromatic N) is 3. The number of hydrogen-bond acceptors (Lipinski definition) is 3. The van der Waals surface area contributed by atoms with E-state index >= 15 is 0 Å². The van der Waals surface area contributed by atoms with Gasteiger partial charge in [0, 0.05) is 25.5 Å². The molecule has 3 rings (SSSR count). The summed E-state index contributed by atoms with van der Waals surface area (Å²) in [6, 6.07) is 4.22. The van der Waals surface area contributed by atoms with E-state index in [9.17, 15) is 0 Å². The highest BCUT2D eigenvalue weighted by molar-refractivity contribution is 5.41. The Morgan fingerprint density at radius 3 is 2.86 bits per heavy atom. The normalized spacial score (nSPS) is 16.9. The molecule has 2 aromatic rings. The predicted octanol–water partition coefficient (Wildman–Crippen LogP) is 2.46. The molecule has 21 heavy (non-hydrogen) atoms. The van der Waals surface area contributed by atoms with Gasteiger partial charge in [0.05, 0.1) is 5.69 Å². The van der Waals surface area contributed by atoms with Crippen molar-refractivity contribution < 1.29 is 0 Å². The molecule has 0 aromatic carbocycles. The van der Waals surface area contributed by atoms with Crippen molar-refractivity contribution >= 4 is 5.65 Å². The highest BCUT2D eigenvalue weighted by atomic mass is 15.1. The van der Waals surface area contributed by atoms with Gasteiger partial charge >= 0.3 is 0 Å². The van der Waals surface area contributed by atoms with Crippen LogP contribution in [0, 0.1) is 12.8 Å². The first-order valence-corrected chi connectivity index (χ1v) is 8.12. The molecule has 0 radical (unpaired) electrons. The number of fused-ring (bicyclic) bond motifs is 1. The average Bonchev–Trinajstić information content (AvgIpc) is 2.89. The summed E-state index contributed by atoms with van der Waals surface area (Å²) in [5.74, 6) is 0.838. The molecule has 0 atom stereocenters. The lowest BCUT2D eigenvalue weighted by Crippen LogP contribution is -2.36. The number of piperidine rings is 1. The van der Waals surface area contributed by atoms with E-state index in [0.29, 0.717) is 0 Å². The van der Waals surface area contributed by atoms with Crippen molar-refractivity contribution in [3.63, 3.8) is 0 Å². The van der Waals surface area contributed by atoms with E-state index in [1.165, 1.54) is 43.7 Å². The number of aryl methyl sites for hydroxylation is 1. The summed E-state index contributed by atoms with van der Waals surface area (Å²) in [6.45, 7) is 9.98. The number of imidazole rings is 1. The van der Waals surface area contributed by atoms with Crippen molar-refractivity contribution in [2.75, 3.05) is 26.2 Å². The standard InChI is InChI=1S/C17H26N4/c1-3-20(11-15-6-8-18-9-7-15)12-16-13-21-10-14(2)4-5-17(21)19-16/h4-5,10,13,15,18H,3,6-9,11-12H2,1-2H3. The molecule has 1 aliphatic heterocycles. The Balaban J connectivity index is 1.66. The third-order valence-corrected chi connectivity index (χ3v) is 4.46. The van der Waals surface area contributed by atoms with Crippen LogP contribution in [0.25, 0.3) is 5.65 Å². The van der Waals surface area contributed by atoms with Gasteiger partial charge in [0.25, 0.3) is 0 Å². The Labute approximate surface area is 127 Å². The van der Waals surface area contributed by atoms with Gasteiger partial charge in [0.15, 0.2) is 0 Å². The van der Waals surface area contributed by atoms with E-state index in [1.54, 1.807) is 0 Å². The van der Waals surface area contributed by atoms with Gasteiger partial charge in [-0.25, -0.2) is 4.98 Å². The van der Waals surface area contributed by atoms with E-state index in [2.05, 4.69) is 53.0 Å². The van der Waals surface area contributed by atoms with Crippen LogP contribution in [0.15, 0.2) is 24.5 Å². The van der Waals surface area contributed by atoms with Crippen LogP contribution >= 0.6 is 0 Å². The molecule has 0 amide bonds. The van der Waals surface area contributed by atoms with Gasteiger partial charge in [-0.3, -0.25) is 4.90 Å². The lowest BCUT2D eigenvalue weighted by Gasteiger charge is -2.28. The summed E-state index contributed by atoms with van der Waals surface area (Å²) in [4.78, 5) is 7.28. The molecule has 1 N–H and O–H groups in total. The molecule has 3 heterocycles. The minimum Gasteiger partial charge on any atom is -0.317 e. The second-order valence-electron chi connectivity index (χ2n) is 6.23. The minimum absolute atomic E-state index is 0.838. The fourth-order valence-electron chi connectivity index (χ4n) is 3.20. The molecule has 4 nitrogen and oxygen atoms in total. The molecule has 2 aromatic heterocycles. The number of pyridine rings is 1. The van der Waals surface area contributed by atoms with E-state index in [-0.39, 0.29) is 0 Å². The Bertz CT molecular complexity index is 583. The largest absolute Gasteiger partial charge is 0.317 e. The van der Waals surface area contributed by atoms with Gasteiger partial charge in [-0.05, 0) is 56.9 Å². The maximum absolute atomic E-state index is 4.74.